The number of nitrogens with zero attached hydrogens (tertiary/aromatic N) is 5. The summed E-state index contributed by atoms with van der Waals surface area (Å²) in [6.45, 7) is 4.29. The highest BCUT2D eigenvalue weighted by Gasteiger charge is 2.37. The third kappa shape index (κ3) is 4.48. The van der Waals surface area contributed by atoms with Gasteiger partial charge in [-0.2, -0.15) is 0 Å². The molecule has 0 aliphatic carbocycles. The fourth-order valence-corrected chi connectivity index (χ4v) is 2.77. The summed E-state index contributed by atoms with van der Waals surface area (Å²) in [6.07, 6.45) is 5.28. The number of ether oxygens (including phenoxy) is 1. The largest absolute Gasteiger partial charge is 0.477 e. The number of hydrogen-bond donors (Lipinski definition) is 2. The Morgan fingerprint density at radius 1 is 1.34 bits per heavy atom. The van der Waals surface area contributed by atoms with E-state index in [0.29, 0.717) is 23.9 Å². The Labute approximate surface area is 168 Å². The lowest BCUT2D eigenvalue weighted by Gasteiger charge is -2.32. The van der Waals surface area contributed by atoms with Gasteiger partial charge in [-0.05, 0) is 25.5 Å². The Kier molecular flexibility index (Phi) is 5.71. The number of carbonyl (C=O) groups excluding carboxylic acids is 2. The number of hydrogen-bond acceptors (Lipinski definition) is 8. The van der Waals surface area contributed by atoms with Crippen molar-refractivity contribution in [2.24, 2.45) is 10.7 Å². The fourth-order valence-electron chi connectivity index (χ4n) is 2.77. The zero-order valence-electron chi connectivity index (χ0n) is 16.5. The van der Waals surface area contributed by atoms with E-state index in [0.717, 1.165) is 6.42 Å². The predicted molar refractivity (Wildman–Crippen MR) is 106 cm³/mol. The molecule has 1 atom stereocenters. The second-order valence-electron chi connectivity index (χ2n) is 6.85. The lowest BCUT2D eigenvalue weighted by Crippen LogP contribution is -2.47. The summed E-state index contributed by atoms with van der Waals surface area (Å²) in [7, 11) is 1.57. The van der Waals surface area contributed by atoms with Gasteiger partial charge in [0.2, 0.25) is 11.8 Å². The van der Waals surface area contributed by atoms with E-state index in [2.05, 4.69) is 25.3 Å². The van der Waals surface area contributed by atoms with Gasteiger partial charge in [0, 0.05) is 18.9 Å². The first-order chi connectivity index (χ1) is 13.8. The van der Waals surface area contributed by atoms with Crippen LogP contribution in [0.1, 0.15) is 42.9 Å². The standard InChI is InChI=1S/C19H23N7O3/c1-4-7-29-15-11-22-13(10-23-15)17(28)24-12-5-6-21-14(8-12)19(2)9-16(27)26(3)18(20)25-19/h5-6,8,10-11H,4,7,9H2,1-3H3,(H2,20,25)(H,21,24,28). The van der Waals surface area contributed by atoms with E-state index >= 15 is 0 Å². The molecule has 29 heavy (non-hydrogen) atoms. The summed E-state index contributed by atoms with van der Waals surface area (Å²) < 4.78 is 5.36. The normalized spacial score (nSPS) is 18.9. The van der Waals surface area contributed by atoms with Gasteiger partial charge in [0.05, 0.1) is 31.1 Å². The zero-order valence-corrected chi connectivity index (χ0v) is 16.5. The Morgan fingerprint density at radius 2 is 2.14 bits per heavy atom. The topological polar surface area (TPSA) is 136 Å². The van der Waals surface area contributed by atoms with Gasteiger partial charge in [-0.25, -0.2) is 15.0 Å². The van der Waals surface area contributed by atoms with E-state index < -0.39 is 11.4 Å². The molecule has 0 saturated heterocycles. The lowest BCUT2D eigenvalue weighted by atomic mass is 9.91. The fraction of sp³-hybridized carbons (Fsp3) is 0.368. The number of amides is 2. The van der Waals surface area contributed by atoms with Gasteiger partial charge < -0.3 is 15.8 Å². The number of rotatable bonds is 6. The minimum Gasteiger partial charge on any atom is -0.477 e. The minimum atomic E-state index is -0.910. The summed E-state index contributed by atoms with van der Waals surface area (Å²) in [6, 6.07) is 3.31. The zero-order chi connectivity index (χ0) is 21.0. The summed E-state index contributed by atoms with van der Waals surface area (Å²) >= 11 is 0. The van der Waals surface area contributed by atoms with Crippen LogP contribution in [0.25, 0.3) is 0 Å². The van der Waals surface area contributed by atoms with E-state index in [1.807, 2.05) is 6.92 Å². The molecule has 2 aromatic rings. The molecule has 0 saturated carbocycles. The SMILES string of the molecule is CCCOc1cnc(C(=O)Nc2ccnc(C3(C)CC(=O)N(C)C(N)=N3)c2)cn1. The highest BCUT2D eigenvalue weighted by molar-refractivity contribution is 6.02. The second kappa shape index (κ2) is 8.21. The maximum Gasteiger partial charge on any atom is 0.275 e. The summed E-state index contributed by atoms with van der Waals surface area (Å²) in [5.41, 5.74) is 6.11. The van der Waals surface area contributed by atoms with Crippen LogP contribution in [0.5, 0.6) is 5.88 Å². The molecule has 1 unspecified atom stereocenters. The Morgan fingerprint density at radius 3 is 2.79 bits per heavy atom. The van der Waals surface area contributed by atoms with Gasteiger partial charge in [0.1, 0.15) is 11.2 Å². The molecule has 10 nitrogen and oxygen atoms in total. The summed E-state index contributed by atoms with van der Waals surface area (Å²) in [5, 5.41) is 2.75. The molecule has 152 valence electrons. The van der Waals surface area contributed by atoms with Gasteiger partial charge in [-0.1, -0.05) is 6.92 Å². The van der Waals surface area contributed by atoms with Crippen LogP contribution in [-0.2, 0) is 10.3 Å². The molecule has 1 aliphatic rings. The summed E-state index contributed by atoms with van der Waals surface area (Å²) in [5.74, 6) is -0.0910. The predicted octanol–water partition coefficient (Wildman–Crippen LogP) is 1.30. The third-order valence-electron chi connectivity index (χ3n) is 4.46. The Hall–Kier alpha value is -3.56. The molecule has 1 aliphatic heterocycles. The van der Waals surface area contributed by atoms with Gasteiger partial charge in [0.15, 0.2) is 5.96 Å². The summed E-state index contributed by atoms with van der Waals surface area (Å²) in [4.78, 5) is 42.8. The van der Waals surface area contributed by atoms with Crippen LogP contribution in [-0.4, -0.2) is 51.3 Å². The molecule has 2 aromatic heterocycles. The van der Waals surface area contributed by atoms with Gasteiger partial charge in [-0.15, -0.1) is 0 Å². The maximum absolute atomic E-state index is 12.5. The molecular formula is C19H23N7O3. The molecule has 3 rings (SSSR count). The Bertz CT molecular complexity index is 945. The van der Waals surface area contributed by atoms with Crippen molar-refractivity contribution in [1.82, 2.24) is 19.9 Å². The highest BCUT2D eigenvalue weighted by atomic mass is 16.5. The lowest BCUT2D eigenvalue weighted by molar-refractivity contribution is -0.128. The molecule has 3 heterocycles. The van der Waals surface area contributed by atoms with Crippen molar-refractivity contribution in [3.8, 4) is 5.88 Å². The van der Waals surface area contributed by atoms with E-state index in [4.69, 9.17) is 10.5 Å². The van der Waals surface area contributed by atoms with Crippen molar-refractivity contribution in [2.45, 2.75) is 32.2 Å². The number of guanidine groups is 1. The average molecular weight is 397 g/mol. The maximum atomic E-state index is 12.5. The van der Waals surface area contributed by atoms with Crippen molar-refractivity contribution >= 4 is 23.5 Å². The van der Waals surface area contributed by atoms with E-state index in [1.165, 1.54) is 23.5 Å². The monoisotopic (exact) mass is 397 g/mol. The van der Waals surface area contributed by atoms with E-state index in [1.54, 1.807) is 26.1 Å². The first-order valence-electron chi connectivity index (χ1n) is 9.17. The molecule has 3 N–H and O–H groups in total. The number of aliphatic imine (C=N–C) groups is 1. The molecule has 0 radical (unpaired) electrons. The molecule has 2 amide bonds. The number of anilines is 1. The minimum absolute atomic E-state index is 0.124. The van der Waals surface area contributed by atoms with Crippen LogP contribution >= 0.6 is 0 Å². The van der Waals surface area contributed by atoms with E-state index in [9.17, 15) is 9.59 Å². The smallest absolute Gasteiger partial charge is 0.275 e. The van der Waals surface area contributed by atoms with Crippen LogP contribution < -0.4 is 15.8 Å². The first-order valence-corrected chi connectivity index (χ1v) is 9.17. The van der Waals surface area contributed by atoms with Crippen LogP contribution in [0.2, 0.25) is 0 Å². The highest BCUT2D eigenvalue weighted by Crippen LogP contribution is 2.32. The number of nitrogens with two attached hydrogens (primary N) is 1. The molecule has 0 aromatic carbocycles. The molecule has 0 bridgehead atoms. The molecular weight excluding hydrogens is 374 g/mol. The third-order valence-corrected chi connectivity index (χ3v) is 4.46. The van der Waals surface area contributed by atoms with Crippen LogP contribution in [0, 0.1) is 0 Å². The van der Waals surface area contributed by atoms with Gasteiger partial charge >= 0.3 is 0 Å². The van der Waals surface area contributed by atoms with Crippen molar-refractivity contribution in [3.05, 3.63) is 42.1 Å². The van der Waals surface area contributed by atoms with Gasteiger partial charge in [0.25, 0.3) is 5.91 Å². The van der Waals surface area contributed by atoms with Gasteiger partial charge in [-0.3, -0.25) is 19.5 Å². The van der Waals surface area contributed by atoms with Crippen LogP contribution in [0.4, 0.5) is 5.69 Å². The Balaban J connectivity index is 1.76. The first kappa shape index (κ1) is 20.2. The van der Waals surface area contributed by atoms with Crippen molar-refractivity contribution in [1.29, 1.82) is 0 Å². The number of aromatic nitrogens is 3. The molecule has 0 fully saturated rings. The molecule has 0 spiro atoms. The van der Waals surface area contributed by atoms with Crippen LogP contribution in [0.3, 0.4) is 0 Å². The second-order valence-corrected chi connectivity index (χ2v) is 6.85. The van der Waals surface area contributed by atoms with Crippen molar-refractivity contribution < 1.29 is 14.3 Å². The number of carbonyl (C=O) groups is 2. The molecule has 10 heteroatoms. The average Bonchev–Trinajstić information content (AvgIpc) is 2.71. The number of pyridine rings is 1. The van der Waals surface area contributed by atoms with Crippen molar-refractivity contribution in [3.63, 3.8) is 0 Å². The quantitative estimate of drug-likeness (QED) is 0.750. The van der Waals surface area contributed by atoms with Crippen LogP contribution in [0.15, 0.2) is 35.7 Å². The van der Waals surface area contributed by atoms with Crippen molar-refractivity contribution in [2.75, 3.05) is 19.0 Å². The number of nitrogens with one attached hydrogen (secondary N) is 1. The van der Waals surface area contributed by atoms with E-state index in [-0.39, 0.29) is 24.0 Å².